The molecule has 0 aromatic rings. The van der Waals surface area contributed by atoms with Crippen molar-refractivity contribution in [3.8, 4) is 0 Å². The van der Waals surface area contributed by atoms with Crippen molar-refractivity contribution in [2.45, 2.75) is 192 Å². The second-order valence-corrected chi connectivity index (χ2v) is 18.4. The first-order valence-electron chi connectivity index (χ1n) is 18.4. The molecule has 3 saturated heterocycles. The lowest BCUT2D eigenvalue weighted by molar-refractivity contribution is -0.269. The van der Waals surface area contributed by atoms with Crippen LogP contribution in [0.1, 0.15) is 140 Å². The standard InChI is InChI=1S/C40H67N3O8/c1-26(2)32(44)49-29-20-35(7,8)42(47)39(13,24-29)18-16-37(11)22-31(51-34(46)28(5)6)23-38(12,41(37)15)17-19-40(14)25-30(50-33(45)27(3)4)21-36(9,10)43(40)48/h29-31,47-48H,1,3,5,16-25H2,2,4,6-15H3. The highest BCUT2D eigenvalue weighted by Crippen LogP contribution is 2.49. The number of hydroxylamine groups is 4. The van der Waals surface area contributed by atoms with Gasteiger partial charge >= 0.3 is 17.9 Å². The Morgan fingerprint density at radius 3 is 1.04 bits per heavy atom. The third kappa shape index (κ3) is 9.51. The summed E-state index contributed by atoms with van der Waals surface area (Å²) < 4.78 is 17.8. The number of piperidine rings is 3. The molecule has 0 aromatic heterocycles. The highest BCUT2D eigenvalue weighted by atomic mass is 16.6. The lowest BCUT2D eigenvalue weighted by Crippen LogP contribution is -2.66. The first kappa shape index (κ1) is 42.8. The first-order valence-corrected chi connectivity index (χ1v) is 18.4. The van der Waals surface area contributed by atoms with Crippen molar-refractivity contribution in [1.82, 2.24) is 15.0 Å². The Bertz CT molecular complexity index is 1310. The maximum atomic E-state index is 12.9. The molecule has 0 spiro atoms. The Balaban J connectivity index is 1.92. The molecule has 3 fully saturated rings. The molecular weight excluding hydrogens is 650 g/mol. The first-order chi connectivity index (χ1) is 23.1. The summed E-state index contributed by atoms with van der Waals surface area (Å²) in [5, 5.41) is 26.0. The largest absolute Gasteiger partial charge is 0.459 e. The summed E-state index contributed by atoms with van der Waals surface area (Å²) >= 11 is 0. The molecule has 3 rings (SSSR count). The number of hydrogen-bond acceptors (Lipinski definition) is 11. The zero-order valence-electron chi connectivity index (χ0n) is 33.6. The normalized spacial score (nSPS) is 35.8. The Labute approximate surface area is 306 Å². The van der Waals surface area contributed by atoms with Gasteiger partial charge in [-0.3, -0.25) is 4.90 Å². The second kappa shape index (κ2) is 15.0. The number of ether oxygens (including phenoxy) is 3. The van der Waals surface area contributed by atoms with Crippen LogP contribution in [0.15, 0.2) is 36.5 Å². The molecule has 3 aliphatic heterocycles. The number of carbonyl (C=O) groups excluding carboxylic acids is 3. The molecule has 51 heavy (non-hydrogen) atoms. The van der Waals surface area contributed by atoms with Gasteiger partial charge < -0.3 is 24.6 Å². The monoisotopic (exact) mass is 717 g/mol. The topological polar surface area (TPSA) is 129 Å². The molecule has 3 aliphatic rings. The summed E-state index contributed by atoms with van der Waals surface area (Å²) in [6.45, 7) is 32.4. The van der Waals surface area contributed by atoms with E-state index in [0.29, 0.717) is 80.9 Å². The minimum Gasteiger partial charge on any atom is -0.459 e. The van der Waals surface area contributed by atoms with Crippen LogP contribution in [0.5, 0.6) is 0 Å². The van der Waals surface area contributed by atoms with Crippen LogP contribution in [0.2, 0.25) is 0 Å². The van der Waals surface area contributed by atoms with Crippen molar-refractivity contribution in [2.75, 3.05) is 7.05 Å². The average molecular weight is 718 g/mol. The number of hydrogen-bond donors (Lipinski definition) is 2. The van der Waals surface area contributed by atoms with E-state index >= 15 is 0 Å². The van der Waals surface area contributed by atoms with Gasteiger partial charge in [-0.2, -0.15) is 10.1 Å². The summed E-state index contributed by atoms with van der Waals surface area (Å²) in [6.07, 6.45) is 4.33. The molecule has 6 atom stereocenters. The summed E-state index contributed by atoms with van der Waals surface area (Å²) in [7, 11) is 2.11. The third-order valence-corrected chi connectivity index (χ3v) is 12.2. The quantitative estimate of drug-likeness (QED) is 0.120. The molecule has 3 heterocycles. The minimum atomic E-state index is -0.710. The van der Waals surface area contributed by atoms with Gasteiger partial charge in [-0.05, 0) is 109 Å². The van der Waals surface area contributed by atoms with Gasteiger partial charge in [0.1, 0.15) is 18.3 Å². The molecule has 11 heteroatoms. The molecular formula is C40H67N3O8. The van der Waals surface area contributed by atoms with E-state index in [1.54, 1.807) is 20.8 Å². The molecule has 2 N–H and O–H groups in total. The van der Waals surface area contributed by atoms with Crippen LogP contribution < -0.4 is 0 Å². The number of nitrogens with zero attached hydrogens (tertiary/aromatic N) is 3. The smallest absolute Gasteiger partial charge is 0.333 e. The van der Waals surface area contributed by atoms with Gasteiger partial charge in [0.15, 0.2) is 0 Å². The van der Waals surface area contributed by atoms with Gasteiger partial charge in [0.25, 0.3) is 0 Å². The van der Waals surface area contributed by atoms with Gasteiger partial charge in [0.05, 0.1) is 0 Å². The van der Waals surface area contributed by atoms with Crippen LogP contribution in [0.3, 0.4) is 0 Å². The van der Waals surface area contributed by atoms with Crippen molar-refractivity contribution in [2.24, 2.45) is 0 Å². The fraction of sp³-hybridized carbons (Fsp3) is 0.775. The molecule has 0 aliphatic carbocycles. The molecule has 0 aromatic carbocycles. The van der Waals surface area contributed by atoms with Crippen LogP contribution in [-0.4, -0.2) is 102 Å². The van der Waals surface area contributed by atoms with Crippen LogP contribution in [0.4, 0.5) is 0 Å². The SMILES string of the molecule is C=C(C)C(=O)OC1CC(C)(C)N(O)C(C)(CCC2(C)CC(OC(=O)C(=C)C)CC(C)(CCC3(C)CC(OC(=O)C(=C)C)CC(C)(C)N3O)N2C)C1. The van der Waals surface area contributed by atoms with E-state index in [9.17, 15) is 24.8 Å². The van der Waals surface area contributed by atoms with Crippen molar-refractivity contribution in [3.05, 3.63) is 36.5 Å². The van der Waals surface area contributed by atoms with E-state index in [-0.39, 0.29) is 12.2 Å². The van der Waals surface area contributed by atoms with Crippen molar-refractivity contribution < 1.29 is 39.0 Å². The summed E-state index contributed by atoms with van der Waals surface area (Å²) in [4.78, 5) is 40.3. The highest BCUT2D eigenvalue weighted by molar-refractivity contribution is 5.87. The second-order valence-electron chi connectivity index (χ2n) is 18.4. The lowest BCUT2D eigenvalue weighted by atomic mass is 9.68. The van der Waals surface area contributed by atoms with Crippen LogP contribution in [0, 0.1) is 0 Å². The number of rotatable bonds is 12. The molecule has 0 saturated carbocycles. The van der Waals surface area contributed by atoms with Crippen molar-refractivity contribution in [3.63, 3.8) is 0 Å². The fourth-order valence-electron chi connectivity index (χ4n) is 9.06. The predicted octanol–water partition coefficient (Wildman–Crippen LogP) is 7.30. The Morgan fingerprint density at radius 1 is 0.529 bits per heavy atom. The van der Waals surface area contributed by atoms with E-state index in [1.165, 1.54) is 10.1 Å². The number of esters is 3. The van der Waals surface area contributed by atoms with E-state index in [2.05, 4.69) is 45.5 Å². The number of carbonyl (C=O) groups is 3. The molecule has 290 valence electrons. The fourth-order valence-corrected chi connectivity index (χ4v) is 9.06. The van der Waals surface area contributed by atoms with E-state index in [1.807, 2.05) is 41.5 Å². The molecule has 11 nitrogen and oxygen atoms in total. The van der Waals surface area contributed by atoms with Gasteiger partial charge in [0.2, 0.25) is 0 Å². The summed E-state index contributed by atoms with van der Waals surface area (Å²) in [5.41, 5.74) is -2.62. The average Bonchev–Trinajstić information content (AvgIpc) is 2.99. The zero-order chi connectivity index (χ0) is 39.1. The van der Waals surface area contributed by atoms with E-state index < -0.39 is 57.2 Å². The maximum Gasteiger partial charge on any atom is 0.333 e. The lowest BCUT2D eigenvalue weighted by Gasteiger charge is -2.59. The van der Waals surface area contributed by atoms with Crippen LogP contribution in [-0.2, 0) is 28.6 Å². The highest BCUT2D eigenvalue weighted by Gasteiger charge is 2.55. The van der Waals surface area contributed by atoms with Crippen LogP contribution >= 0.6 is 0 Å². The van der Waals surface area contributed by atoms with Gasteiger partial charge in [0, 0.05) is 88.5 Å². The van der Waals surface area contributed by atoms with E-state index in [4.69, 9.17) is 14.2 Å². The molecule has 0 bridgehead atoms. The third-order valence-electron chi connectivity index (χ3n) is 12.2. The van der Waals surface area contributed by atoms with Gasteiger partial charge in [-0.1, -0.05) is 19.7 Å². The Morgan fingerprint density at radius 2 is 0.765 bits per heavy atom. The van der Waals surface area contributed by atoms with E-state index in [0.717, 1.165) is 0 Å². The van der Waals surface area contributed by atoms with Crippen molar-refractivity contribution in [1.29, 1.82) is 0 Å². The van der Waals surface area contributed by atoms with Crippen LogP contribution in [0.25, 0.3) is 0 Å². The Hall–Kier alpha value is -2.57. The minimum absolute atomic E-state index is 0.337. The molecule has 6 unspecified atom stereocenters. The molecule has 0 amide bonds. The van der Waals surface area contributed by atoms with Gasteiger partial charge in [-0.25, -0.2) is 14.4 Å². The number of likely N-dealkylation sites (tertiary alicyclic amines) is 1. The molecule has 0 radical (unpaired) electrons. The summed E-state index contributed by atoms with van der Waals surface area (Å²) in [5.74, 6) is -1.29. The summed E-state index contributed by atoms with van der Waals surface area (Å²) in [6, 6.07) is 0. The Kier molecular flexibility index (Phi) is 12.6. The van der Waals surface area contributed by atoms with Crippen molar-refractivity contribution >= 4 is 17.9 Å². The van der Waals surface area contributed by atoms with Gasteiger partial charge in [-0.15, -0.1) is 0 Å². The maximum absolute atomic E-state index is 12.9. The zero-order valence-corrected chi connectivity index (χ0v) is 33.6. The predicted molar refractivity (Wildman–Crippen MR) is 197 cm³/mol.